The predicted octanol–water partition coefficient (Wildman–Crippen LogP) is 3.74. The molecule has 20 heavy (non-hydrogen) atoms. The van der Waals surface area contributed by atoms with Crippen molar-refractivity contribution in [1.82, 2.24) is 4.90 Å². The van der Waals surface area contributed by atoms with Crippen molar-refractivity contribution in [2.24, 2.45) is 5.92 Å². The van der Waals surface area contributed by atoms with E-state index in [-0.39, 0.29) is 5.91 Å². The molecule has 1 aliphatic rings. The zero-order valence-corrected chi connectivity index (χ0v) is 12.8. The predicted molar refractivity (Wildman–Crippen MR) is 81.1 cm³/mol. The molecule has 1 aromatic rings. The fourth-order valence-electron chi connectivity index (χ4n) is 2.28. The first-order chi connectivity index (χ1) is 9.61. The van der Waals surface area contributed by atoms with E-state index in [9.17, 15) is 4.79 Å². The zero-order valence-electron chi connectivity index (χ0n) is 12.8. The van der Waals surface area contributed by atoms with Gasteiger partial charge in [0, 0.05) is 18.2 Å². The molecule has 0 aliphatic heterocycles. The van der Waals surface area contributed by atoms with Gasteiger partial charge in [-0.15, -0.1) is 0 Å². The van der Waals surface area contributed by atoms with Crippen molar-refractivity contribution in [3.63, 3.8) is 0 Å². The number of carbonyl (C=O) groups excluding carboxylic acids is 1. The third-order valence-electron chi connectivity index (χ3n) is 3.36. The number of hydrogen-bond acceptors (Lipinski definition) is 2. The molecule has 1 aliphatic carbocycles. The standard InChI is InChI=1S/C17H25NO2/c1-4-10-20-16-7-5-6-14(11-16)17(19)18(12-13(2)3)15-8-9-15/h5-7,11,13,15H,4,8-10,12H2,1-3H3. The quantitative estimate of drug-likeness (QED) is 0.758. The smallest absolute Gasteiger partial charge is 0.254 e. The van der Waals surface area contributed by atoms with Crippen LogP contribution in [-0.4, -0.2) is 30.0 Å². The molecule has 0 saturated heterocycles. The number of hydrogen-bond donors (Lipinski definition) is 0. The summed E-state index contributed by atoms with van der Waals surface area (Å²) in [5.41, 5.74) is 0.742. The summed E-state index contributed by atoms with van der Waals surface area (Å²) < 4.78 is 5.61. The molecule has 0 heterocycles. The van der Waals surface area contributed by atoms with Gasteiger partial charge in [0.2, 0.25) is 0 Å². The van der Waals surface area contributed by atoms with Crippen LogP contribution in [0.2, 0.25) is 0 Å². The first kappa shape index (κ1) is 14.9. The van der Waals surface area contributed by atoms with Gasteiger partial charge >= 0.3 is 0 Å². The molecule has 1 amide bonds. The van der Waals surface area contributed by atoms with Crippen molar-refractivity contribution in [2.75, 3.05) is 13.2 Å². The minimum Gasteiger partial charge on any atom is -0.494 e. The van der Waals surface area contributed by atoms with E-state index < -0.39 is 0 Å². The van der Waals surface area contributed by atoms with Crippen LogP contribution in [0.25, 0.3) is 0 Å². The summed E-state index contributed by atoms with van der Waals surface area (Å²) in [6.45, 7) is 7.92. The van der Waals surface area contributed by atoms with Gasteiger partial charge in [0.15, 0.2) is 0 Å². The van der Waals surface area contributed by atoms with Crippen molar-refractivity contribution in [3.05, 3.63) is 29.8 Å². The average molecular weight is 275 g/mol. The summed E-state index contributed by atoms with van der Waals surface area (Å²) in [5.74, 6) is 1.43. The SMILES string of the molecule is CCCOc1cccc(C(=O)N(CC(C)C)C2CC2)c1. The molecule has 2 rings (SSSR count). The lowest BCUT2D eigenvalue weighted by Crippen LogP contribution is -2.36. The van der Waals surface area contributed by atoms with Gasteiger partial charge in [-0.05, 0) is 43.4 Å². The molecule has 1 saturated carbocycles. The van der Waals surface area contributed by atoms with Gasteiger partial charge in [-0.3, -0.25) is 4.79 Å². The molecule has 3 heteroatoms. The lowest BCUT2D eigenvalue weighted by atomic mass is 10.1. The summed E-state index contributed by atoms with van der Waals surface area (Å²) in [6, 6.07) is 8.02. The van der Waals surface area contributed by atoms with Crippen LogP contribution in [0.3, 0.4) is 0 Å². The molecule has 0 unspecified atom stereocenters. The Morgan fingerprint density at radius 3 is 2.75 bits per heavy atom. The first-order valence-electron chi connectivity index (χ1n) is 7.65. The van der Waals surface area contributed by atoms with Crippen LogP contribution >= 0.6 is 0 Å². The van der Waals surface area contributed by atoms with E-state index in [1.807, 2.05) is 29.2 Å². The van der Waals surface area contributed by atoms with Gasteiger partial charge in [-0.25, -0.2) is 0 Å². The van der Waals surface area contributed by atoms with E-state index in [0.717, 1.165) is 37.1 Å². The highest BCUT2D eigenvalue weighted by molar-refractivity contribution is 5.95. The Hall–Kier alpha value is -1.51. The molecule has 0 aromatic heterocycles. The first-order valence-corrected chi connectivity index (χ1v) is 7.65. The Bertz CT molecular complexity index is 452. The topological polar surface area (TPSA) is 29.5 Å². The third kappa shape index (κ3) is 3.99. The van der Waals surface area contributed by atoms with Crippen molar-refractivity contribution in [1.29, 1.82) is 0 Å². The lowest BCUT2D eigenvalue weighted by Gasteiger charge is -2.24. The van der Waals surface area contributed by atoms with E-state index in [1.165, 1.54) is 0 Å². The molecule has 0 atom stereocenters. The normalized spacial score (nSPS) is 14.4. The summed E-state index contributed by atoms with van der Waals surface area (Å²) in [4.78, 5) is 14.7. The average Bonchev–Trinajstić information content (AvgIpc) is 3.26. The molecule has 3 nitrogen and oxygen atoms in total. The van der Waals surface area contributed by atoms with E-state index in [1.54, 1.807) is 0 Å². The van der Waals surface area contributed by atoms with Crippen LogP contribution in [0, 0.1) is 5.92 Å². The van der Waals surface area contributed by atoms with Crippen LogP contribution in [0.5, 0.6) is 5.75 Å². The van der Waals surface area contributed by atoms with Gasteiger partial charge in [0.05, 0.1) is 6.61 Å². The second-order valence-electron chi connectivity index (χ2n) is 5.96. The van der Waals surface area contributed by atoms with Gasteiger partial charge < -0.3 is 9.64 Å². The summed E-state index contributed by atoms with van der Waals surface area (Å²) in [6.07, 6.45) is 3.26. The summed E-state index contributed by atoms with van der Waals surface area (Å²) in [5, 5.41) is 0. The lowest BCUT2D eigenvalue weighted by molar-refractivity contribution is 0.0722. The molecule has 1 fully saturated rings. The number of nitrogens with zero attached hydrogens (tertiary/aromatic N) is 1. The number of benzene rings is 1. The zero-order chi connectivity index (χ0) is 14.5. The van der Waals surface area contributed by atoms with E-state index >= 15 is 0 Å². The second-order valence-corrected chi connectivity index (χ2v) is 5.96. The maximum absolute atomic E-state index is 12.7. The maximum Gasteiger partial charge on any atom is 0.254 e. The van der Waals surface area contributed by atoms with Crippen molar-refractivity contribution in [2.45, 2.75) is 46.1 Å². The molecule has 0 bridgehead atoms. The monoisotopic (exact) mass is 275 g/mol. The van der Waals surface area contributed by atoms with Crippen LogP contribution in [0.1, 0.15) is 50.4 Å². The Morgan fingerprint density at radius 2 is 2.15 bits per heavy atom. The van der Waals surface area contributed by atoms with Crippen LogP contribution in [-0.2, 0) is 0 Å². The number of rotatable bonds is 7. The van der Waals surface area contributed by atoms with Crippen LogP contribution in [0.4, 0.5) is 0 Å². The van der Waals surface area contributed by atoms with Gasteiger partial charge in [-0.1, -0.05) is 26.8 Å². The van der Waals surface area contributed by atoms with Crippen LogP contribution in [0.15, 0.2) is 24.3 Å². The van der Waals surface area contributed by atoms with Crippen molar-refractivity contribution in [3.8, 4) is 5.75 Å². The van der Waals surface area contributed by atoms with Crippen molar-refractivity contribution >= 4 is 5.91 Å². The number of ether oxygens (including phenoxy) is 1. The molecule has 1 aromatic carbocycles. The summed E-state index contributed by atoms with van der Waals surface area (Å²) in [7, 11) is 0. The Labute approximate surface area is 121 Å². The Kier molecular flexibility index (Phi) is 5.05. The van der Waals surface area contributed by atoms with E-state index in [4.69, 9.17) is 4.74 Å². The van der Waals surface area contributed by atoms with Gasteiger partial charge in [0.25, 0.3) is 5.91 Å². The Balaban J connectivity index is 2.09. The molecule has 0 N–H and O–H groups in total. The Morgan fingerprint density at radius 1 is 1.40 bits per heavy atom. The molecular formula is C17H25NO2. The van der Waals surface area contributed by atoms with Crippen LogP contribution < -0.4 is 4.74 Å². The highest BCUT2D eigenvalue weighted by atomic mass is 16.5. The van der Waals surface area contributed by atoms with Crippen molar-refractivity contribution < 1.29 is 9.53 Å². The van der Waals surface area contributed by atoms with Gasteiger partial charge in [0.1, 0.15) is 5.75 Å². The highest BCUT2D eigenvalue weighted by Crippen LogP contribution is 2.29. The fourth-order valence-corrected chi connectivity index (χ4v) is 2.28. The minimum absolute atomic E-state index is 0.142. The third-order valence-corrected chi connectivity index (χ3v) is 3.36. The highest BCUT2D eigenvalue weighted by Gasteiger charge is 2.33. The number of carbonyl (C=O) groups is 1. The minimum atomic E-state index is 0.142. The van der Waals surface area contributed by atoms with Gasteiger partial charge in [-0.2, -0.15) is 0 Å². The van der Waals surface area contributed by atoms with E-state index in [2.05, 4.69) is 20.8 Å². The van der Waals surface area contributed by atoms with E-state index in [0.29, 0.717) is 18.6 Å². The number of amides is 1. The molecular weight excluding hydrogens is 250 g/mol. The fraction of sp³-hybridized carbons (Fsp3) is 0.588. The summed E-state index contributed by atoms with van der Waals surface area (Å²) >= 11 is 0. The largest absolute Gasteiger partial charge is 0.494 e. The molecule has 110 valence electrons. The maximum atomic E-state index is 12.7. The molecule has 0 radical (unpaired) electrons. The second kappa shape index (κ2) is 6.78. The molecule has 0 spiro atoms.